The fraction of sp³-hybridized carbons (Fsp3) is 0.235. The monoisotopic (exact) mass is 512 g/mol. The second kappa shape index (κ2) is 8.19. The van der Waals surface area contributed by atoms with Gasteiger partial charge in [0.05, 0.1) is 23.9 Å². The van der Waals surface area contributed by atoms with Crippen LogP contribution >= 0.6 is 0 Å². The number of furan rings is 2. The lowest BCUT2D eigenvalue weighted by atomic mass is 9.38. The third kappa shape index (κ3) is 3.60. The van der Waals surface area contributed by atoms with E-state index >= 15 is 0 Å². The van der Waals surface area contributed by atoms with Crippen LogP contribution in [0.4, 0.5) is 34.1 Å². The summed E-state index contributed by atoms with van der Waals surface area (Å²) in [6, 6.07) is 28.6. The summed E-state index contributed by atoms with van der Waals surface area (Å²) in [6.45, 7) is 13.4. The van der Waals surface area contributed by atoms with Crippen LogP contribution in [-0.2, 0) is 10.8 Å². The molecule has 2 aromatic heterocycles. The Hall–Kier alpha value is -4.12. The number of benzene rings is 3. The molecule has 0 saturated carbocycles. The zero-order chi connectivity index (χ0) is 27.1. The highest BCUT2D eigenvalue weighted by Gasteiger charge is 2.47. The van der Waals surface area contributed by atoms with Gasteiger partial charge in [-0.3, -0.25) is 0 Å². The molecule has 39 heavy (non-hydrogen) atoms. The molecule has 0 amide bonds. The lowest BCUT2D eigenvalue weighted by Gasteiger charge is -2.40. The van der Waals surface area contributed by atoms with Gasteiger partial charge in [0.1, 0.15) is 11.3 Å². The standard InChI is InChI=1S/C34H33BN2O2/c1-33(2,3)22-10-14-24(15-11-22)36-26-8-7-9-27-30(26)35(31-28(36)18-20-38-31)32-29(19-21-39-32)37(27)25-16-12-23(13-17-25)34(4,5)6/h7-21H,1-6H3. The van der Waals surface area contributed by atoms with Crippen LogP contribution in [0.2, 0.25) is 0 Å². The summed E-state index contributed by atoms with van der Waals surface area (Å²) in [6.07, 6.45) is 3.60. The Morgan fingerprint density at radius 2 is 0.923 bits per heavy atom. The van der Waals surface area contributed by atoms with Gasteiger partial charge in [-0.15, -0.1) is 0 Å². The van der Waals surface area contributed by atoms with Gasteiger partial charge >= 0.3 is 6.71 Å². The first-order valence-corrected chi connectivity index (χ1v) is 13.7. The van der Waals surface area contributed by atoms with E-state index < -0.39 is 0 Å². The van der Waals surface area contributed by atoms with Crippen molar-refractivity contribution in [3.05, 3.63) is 103 Å². The van der Waals surface area contributed by atoms with Crippen molar-refractivity contribution in [2.45, 2.75) is 52.4 Å². The molecule has 5 heteroatoms. The summed E-state index contributed by atoms with van der Waals surface area (Å²) in [5.74, 6) is 0. The Morgan fingerprint density at radius 3 is 1.31 bits per heavy atom. The maximum absolute atomic E-state index is 6.24. The first kappa shape index (κ1) is 24.0. The molecule has 0 radical (unpaired) electrons. The molecule has 0 bridgehead atoms. The summed E-state index contributed by atoms with van der Waals surface area (Å²) >= 11 is 0. The lowest BCUT2D eigenvalue weighted by molar-refractivity contribution is 0.587. The summed E-state index contributed by atoms with van der Waals surface area (Å²) in [5.41, 5.74) is 12.5. The molecule has 2 aliphatic rings. The van der Waals surface area contributed by atoms with Crippen molar-refractivity contribution < 1.29 is 8.83 Å². The highest BCUT2D eigenvalue weighted by Crippen LogP contribution is 2.44. The van der Waals surface area contributed by atoms with Crippen LogP contribution in [0, 0.1) is 0 Å². The van der Waals surface area contributed by atoms with Gasteiger partial charge < -0.3 is 18.6 Å². The van der Waals surface area contributed by atoms with Crippen molar-refractivity contribution >= 4 is 57.6 Å². The summed E-state index contributed by atoms with van der Waals surface area (Å²) in [4.78, 5) is 4.66. The topological polar surface area (TPSA) is 32.8 Å². The quantitative estimate of drug-likeness (QED) is 0.224. The summed E-state index contributed by atoms with van der Waals surface area (Å²) in [5, 5.41) is 0. The van der Waals surface area contributed by atoms with E-state index in [1.165, 1.54) is 16.6 Å². The van der Waals surface area contributed by atoms with Crippen molar-refractivity contribution in [1.29, 1.82) is 0 Å². The second-order valence-electron chi connectivity index (χ2n) is 12.7. The second-order valence-corrected chi connectivity index (χ2v) is 12.7. The Labute approximate surface area is 230 Å². The molecule has 4 nitrogen and oxygen atoms in total. The third-order valence-electron chi connectivity index (χ3n) is 8.17. The number of rotatable bonds is 2. The van der Waals surface area contributed by atoms with E-state index in [-0.39, 0.29) is 17.5 Å². The van der Waals surface area contributed by atoms with E-state index in [1.54, 1.807) is 12.5 Å². The molecule has 0 aliphatic carbocycles. The molecule has 0 unspecified atom stereocenters. The van der Waals surface area contributed by atoms with Gasteiger partial charge in [-0.25, -0.2) is 0 Å². The van der Waals surface area contributed by atoms with Gasteiger partial charge in [0, 0.05) is 22.7 Å². The van der Waals surface area contributed by atoms with Crippen molar-refractivity contribution in [1.82, 2.24) is 0 Å². The van der Waals surface area contributed by atoms with E-state index in [1.807, 2.05) is 0 Å². The van der Waals surface area contributed by atoms with Crippen LogP contribution in [0.15, 0.2) is 100 Å². The Kier molecular flexibility index (Phi) is 5.03. The number of nitrogens with zero attached hydrogens (tertiary/aromatic N) is 2. The predicted octanol–water partition coefficient (Wildman–Crippen LogP) is 7.55. The van der Waals surface area contributed by atoms with Gasteiger partial charge in [-0.05, 0) is 76.0 Å². The van der Waals surface area contributed by atoms with E-state index in [0.717, 1.165) is 45.4 Å². The highest BCUT2D eigenvalue weighted by atomic mass is 16.3. The molecular weight excluding hydrogens is 479 g/mol. The SMILES string of the molecule is CC(C)(C)c1ccc(N2c3ccoc3B3c4occc4N(c4ccc(C(C)(C)C)cc4)c4cccc2c43)cc1. The molecule has 0 fully saturated rings. The first-order chi connectivity index (χ1) is 18.6. The first-order valence-electron chi connectivity index (χ1n) is 13.7. The lowest BCUT2D eigenvalue weighted by Crippen LogP contribution is -2.60. The molecular formula is C34H33BN2O2. The van der Waals surface area contributed by atoms with Crippen LogP contribution in [0.3, 0.4) is 0 Å². The number of hydrogen-bond acceptors (Lipinski definition) is 4. The maximum Gasteiger partial charge on any atom is 0.342 e. The number of anilines is 6. The molecule has 194 valence electrons. The Morgan fingerprint density at radius 1 is 0.513 bits per heavy atom. The van der Waals surface area contributed by atoms with Gasteiger partial charge in [-0.1, -0.05) is 71.9 Å². The molecule has 5 aromatic rings. The average Bonchev–Trinajstić information content (AvgIpc) is 3.58. The van der Waals surface area contributed by atoms with Crippen LogP contribution in [0.5, 0.6) is 0 Å². The normalized spacial score (nSPS) is 14.3. The maximum atomic E-state index is 6.24. The largest absolute Gasteiger partial charge is 0.476 e. The molecule has 0 atom stereocenters. The van der Waals surface area contributed by atoms with Gasteiger partial charge in [0.25, 0.3) is 0 Å². The Bertz CT molecular complexity index is 1560. The van der Waals surface area contributed by atoms with Crippen molar-refractivity contribution in [3.63, 3.8) is 0 Å². The molecule has 0 spiro atoms. The third-order valence-corrected chi connectivity index (χ3v) is 8.17. The minimum absolute atomic E-state index is 0.0942. The van der Waals surface area contributed by atoms with Crippen LogP contribution in [0.25, 0.3) is 0 Å². The molecule has 7 rings (SSSR count). The minimum Gasteiger partial charge on any atom is -0.476 e. The smallest absolute Gasteiger partial charge is 0.342 e. The van der Waals surface area contributed by atoms with Crippen LogP contribution in [-0.4, -0.2) is 6.71 Å². The van der Waals surface area contributed by atoms with Gasteiger partial charge in [-0.2, -0.15) is 0 Å². The van der Waals surface area contributed by atoms with Crippen molar-refractivity contribution in [2.75, 3.05) is 9.80 Å². The zero-order valence-electron chi connectivity index (χ0n) is 23.4. The van der Waals surface area contributed by atoms with E-state index in [2.05, 4.69) is 130 Å². The van der Waals surface area contributed by atoms with E-state index in [9.17, 15) is 0 Å². The van der Waals surface area contributed by atoms with Crippen molar-refractivity contribution in [3.8, 4) is 0 Å². The molecule has 4 heterocycles. The Balaban J connectivity index is 1.43. The minimum atomic E-state index is -0.110. The van der Waals surface area contributed by atoms with Gasteiger partial charge in [0.15, 0.2) is 0 Å². The molecule has 0 saturated heterocycles. The molecule has 0 N–H and O–H groups in total. The molecule has 3 aromatic carbocycles. The molecule has 2 aliphatic heterocycles. The van der Waals surface area contributed by atoms with Crippen LogP contribution in [0.1, 0.15) is 52.7 Å². The van der Waals surface area contributed by atoms with Crippen molar-refractivity contribution in [2.24, 2.45) is 0 Å². The summed E-state index contributed by atoms with van der Waals surface area (Å²) < 4.78 is 12.5. The fourth-order valence-corrected chi connectivity index (χ4v) is 6.07. The predicted molar refractivity (Wildman–Crippen MR) is 162 cm³/mol. The highest BCUT2D eigenvalue weighted by molar-refractivity contribution is 6.98. The van der Waals surface area contributed by atoms with E-state index in [4.69, 9.17) is 8.83 Å². The van der Waals surface area contributed by atoms with E-state index in [0.29, 0.717) is 0 Å². The van der Waals surface area contributed by atoms with Crippen LogP contribution < -0.4 is 26.6 Å². The van der Waals surface area contributed by atoms with Gasteiger partial charge in [0.2, 0.25) is 0 Å². The zero-order valence-corrected chi connectivity index (χ0v) is 23.4. The fourth-order valence-electron chi connectivity index (χ4n) is 6.07. The average molecular weight is 512 g/mol. The summed E-state index contributed by atoms with van der Waals surface area (Å²) in [7, 11) is 0. The number of fused-ring (bicyclic) bond motifs is 4. The number of hydrogen-bond donors (Lipinski definition) is 0.